The van der Waals surface area contributed by atoms with Crippen LogP contribution >= 0.6 is 0 Å². The first-order valence-corrected chi connectivity index (χ1v) is 7.72. The highest BCUT2D eigenvalue weighted by molar-refractivity contribution is 7.98. The van der Waals surface area contributed by atoms with Crippen molar-refractivity contribution in [1.29, 1.82) is 0 Å². The average Bonchev–Trinajstić information content (AvgIpc) is 2.39. The molecule has 2 N–H and O–H groups in total. The molecule has 98 valence electrons. The maximum absolute atomic E-state index is 11.7. The van der Waals surface area contributed by atoms with Crippen molar-refractivity contribution >= 4 is 39.0 Å². The third-order valence-corrected chi connectivity index (χ3v) is 5.92. The Labute approximate surface area is 114 Å². The third kappa shape index (κ3) is 1.64. The zero-order chi connectivity index (χ0) is 13.6. The molecule has 3 rings (SSSR count). The standard InChI is InChI=1S/C13H10O4S2/c14-18(15)13(19(16)17)8-7-10-4-1-3-9-5-2-6-11(13)12(9)10/h1-8H,(H,14,15)(H,16,17). The summed E-state index contributed by atoms with van der Waals surface area (Å²) in [4.78, 5) is 0. The van der Waals surface area contributed by atoms with Gasteiger partial charge in [0.1, 0.15) is 0 Å². The molecule has 1 aliphatic carbocycles. The summed E-state index contributed by atoms with van der Waals surface area (Å²) in [6.07, 6.45) is 2.97. The SMILES string of the molecule is O=S(O)C1(S(=O)O)C=Cc2cccc3cccc1c23. The topological polar surface area (TPSA) is 74.6 Å². The van der Waals surface area contributed by atoms with Gasteiger partial charge in [0, 0.05) is 5.56 Å². The smallest absolute Gasteiger partial charge is 0.215 e. The Bertz CT molecular complexity index is 732. The molecule has 1 aliphatic rings. The molecule has 0 aliphatic heterocycles. The molecule has 0 heterocycles. The number of hydrogen-bond acceptors (Lipinski definition) is 2. The van der Waals surface area contributed by atoms with Crippen molar-refractivity contribution in [2.75, 3.05) is 0 Å². The van der Waals surface area contributed by atoms with E-state index in [1.54, 1.807) is 18.2 Å². The highest BCUT2D eigenvalue weighted by atomic mass is 32.3. The molecule has 2 unspecified atom stereocenters. The summed E-state index contributed by atoms with van der Waals surface area (Å²) in [6, 6.07) is 10.8. The molecule has 0 fully saturated rings. The molecular weight excluding hydrogens is 284 g/mol. The van der Waals surface area contributed by atoms with Gasteiger partial charge in [0.25, 0.3) is 0 Å². The van der Waals surface area contributed by atoms with Crippen molar-refractivity contribution in [3.05, 3.63) is 53.6 Å². The zero-order valence-corrected chi connectivity index (χ0v) is 11.3. The average molecular weight is 294 g/mol. The Morgan fingerprint density at radius 2 is 1.58 bits per heavy atom. The third-order valence-electron chi connectivity index (χ3n) is 3.31. The number of rotatable bonds is 2. The Morgan fingerprint density at radius 1 is 0.947 bits per heavy atom. The molecule has 2 atom stereocenters. The van der Waals surface area contributed by atoms with Crippen molar-refractivity contribution in [2.24, 2.45) is 0 Å². The van der Waals surface area contributed by atoms with Crippen LogP contribution in [0.25, 0.3) is 16.8 Å². The lowest BCUT2D eigenvalue weighted by Crippen LogP contribution is -2.35. The fraction of sp³-hybridized carbons (Fsp3) is 0.0769. The van der Waals surface area contributed by atoms with Gasteiger partial charge in [0.2, 0.25) is 4.08 Å². The Hall–Kier alpha value is -1.34. The van der Waals surface area contributed by atoms with Crippen molar-refractivity contribution in [2.45, 2.75) is 4.08 Å². The molecule has 0 saturated carbocycles. The van der Waals surface area contributed by atoms with E-state index in [9.17, 15) is 17.5 Å². The van der Waals surface area contributed by atoms with Crippen molar-refractivity contribution in [3.63, 3.8) is 0 Å². The van der Waals surface area contributed by atoms with E-state index in [2.05, 4.69) is 0 Å². The Balaban J connectivity index is 2.48. The molecular formula is C13H10O4S2. The van der Waals surface area contributed by atoms with E-state index in [4.69, 9.17) is 0 Å². The fourth-order valence-corrected chi connectivity index (χ4v) is 4.03. The Kier molecular flexibility index (Phi) is 2.90. The molecule has 2 aromatic carbocycles. The summed E-state index contributed by atoms with van der Waals surface area (Å²) in [5.41, 5.74) is 1.28. The Morgan fingerprint density at radius 3 is 2.21 bits per heavy atom. The van der Waals surface area contributed by atoms with Gasteiger partial charge in [-0.05, 0) is 22.4 Å². The molecule has 0 bridgehead atoms. The van der Waals surface area contributed by atoms with Crippen LogP contribution in [0.15, 0.2) is 42.5 Å². The van der Waals surface area contributed by atoms with Crippen LogP contribution in [0.1, 0.15) is 11.1 Å². The molecule has 4 nitrogen and oxygen atoms in total. The van der Waals surface area contributed by atoms with Gasteiger partial charge in [-0.2, -0.15) is 0 Å². The van der Waals surface area contributed by atoms with E-state index in [0.717, 1.165) is 16.3 Å². The van der Waals surface area contributed by atoms with Gasteiger partial charge in [-0.3, -0.25) is 0 Å². The summed E-state index contributed by atoms with van der Waals surface area (Å²) in [7, 11) is 0. The lowest BCUT2D eigenvalue weighted by Gasteiger charge is -2.28. The van der Waals surface area contributed by atoms with Crippen LogP contribution in [0.4, 0.5) is 0 Å². The van der Waals surface area contributed by atoms with Crippen LogP contribution in [-0.4, -0.2) is 17.5 Å². The largest absolute Gasteiger partial charge is 0.304 e. The minimum absolute atomic E-state index is 0.407. The van der Waals surface area contributed by atoms with E-state index in [-0.39, 0.29) is 0 Å². The minimum Gasteiger partial charge on any atom is -0.304 e. The molecule has 0 saturated heterocycles. The quantitative estimate of drug-likeness (QED) is 0.834. The normalized spacial score (nSPS) is 24.3. The minimum atomic E-state index is -2.49. The van der Waals surface area contributed by atoms with Crippen molar-refractivity contribution in [3.8, 4) is 0 Å². The maximum atomic E-state index is 11.7. The van der Waals surface area contributed by atoms with E-state index < -0.39 is 26.2 Å². The predicted octanol–water partition coefficient (Wildman–Crippen LogP) is 2.46. The summed E-state index contributed by atoms with van der Waals surface area (Å²) >= 11 is -4.98. The van der Waals surface area contributed by atoms with E-state index in [1.807, 2.05) is 24.3 Å². The van der Waals surface area contributed by atoms with Crippen LogP contribution in [0.3, 0.4) is 0 Å². The zero-order valence-electron chi connectivity index (χ0n) is 9.65. The van der Waals surface area contributed by atoms with Gasteiger partial charge < -0.3 is 9.11 Å². The molecule has 6 heteroatoms. The number of benzene rings is 2. The molecule has 0 radical (unpaired) electrons. The molecule has 0 aromatic heterocycles. The van der Waals surface area contributed by atoms with Gasteiger partial charge in [-0.15, -0.1) is 0 Å². The summed E-state index contributed by atoms with van der Waals surface area (Å²) < 4.78 is 40.7. The van der Waals surface area contributed by atoms with Crippen LogP contribution in [0.5, 0.6) is 0 Å². The van der Waals surface area contributed by atoms with Gasteiger partial charge in [0.05, 0.1) is 0 Å². The second-order valence-electron chi connectivity index (χ2n) is 4.25. The maximum Gasteiger partial charge on any atom is 0.215 e. The second kappa shape index (κ2) is 4.35. The molecule has 19 heavy (non-hydrogen) atoms. The number of hydrogen-bond donors (Lipinski definition) is 2. The fourth-order valence-electron chi connectivity index (χ4n) is 2.45. The van der Waals surface area contributed by atoms with Crippen molar-refractivity contribution in [1.82, 2.24) is 0 Å². The van der Waals surface area contributed by atoms with E-state index in [0.29, 0.717) is 5.56 Å². The first kappa shape index (κ1) is 12.7. The van der Waals surface area contributed by atoms with E-state index in [1.165, 1.54) is 6.08 Å². The summed E-state index contributed by atoms with van der Waals surface area (Å²) in [5, 5.41) is 1.62. The van der Waals surface area contributed by atoms with Gasteiger partial charge in [0.15, 0.2) is 22.2 Å². The lowest BCUT2D eigenvalue weighted by atomic mass is 9.92. The van der Waals surface area contributed by atoms with Crippen LogP contribution in [0, 0.1) is 0 Å². The predicted molar refractivity (Wildman–Crippen MR) is 76.2 cm³/mol. The lowest BCUT2D eigenvalue weighted by molar-refractivity contribution is 0.526. The van der Waals surface area contributed by atoms with Crippen LogP contribution in [0.2, 0.25) is 0 Å². The molecule has 0 amide bonds. The first-order valence-electron chi connectivity index (χ1n) is 5.51. The van der Waals surface area contributed by atoms with Gasteiger partial charge in [-0.25, -0.2) is 8.42 Å². The van der Waals surface area contributed by atoms with Gasteiger partial charge in [-0.1, -0.05) is 42.5 Å². The second-order valence-corrected chi connectivity index (χ2v) is 6.79. The van der Waals surface area contributed by atoms with Crippen LogP contribution < -0.4 is 0 Å². The summed E-state index contributed by atoms with van der Waals surface area (Å²) in [5.74, 6) is 0. The molecule has 0 spiro atoms. The first-order chi connectivity index (χ1) is 9.07. The summed E-state index contributed by atoms with van der Waals surface area (Å²) in [6.45, 7) is 0. The van der Waals surface area contributed by atoms with Crippen molar-refractivity contribution < 1.29 is 17.5 Å². The van der Waals surface area contributed by atoms with Gasteiger partial charge >= 0.3 is 0 Å². The molecule has 2 aromatic rings. The van der Waals surface area contributed by atoms with E-state index >= 15 is 0 Å². The highest BCUT2D eigenvalue weighted by Gasteiger charge is 2.45. The monoisotopic (exact) mass is 294 g/mol. The highest BCUT2D eigenvalue weighted by Crippen LogP contribution is 2.42. The van der Waals surface area contributed by atoms with Crippen LogP contribution in [-0.2, 0) is 26.2 Å².